The van der Waals surface area contributed by atoms with Gasteiger partial charge < -0.3 is 19.4 Å². The highest BCUT2D eigenvalue weighted by atomic mass is 19.1. The number of halogens is 1. The Bertz CT molecular complexity index is 1230. The Balaban J connectivity index is 1.19. The fraction of sp³-hybridized carbons (Fsp3) is 0.357. The molecule has 2 heterocycles. The molecular formula is C28H30FN5O3. The van der Waals surface area contributed by atoms with E-state index in [0.29, 0.717) is 36.6 Å². The average molecular weight is 504 g/mol. The maximum Gasteiger partial charge on any atom is 0.254 e. The van der Waals surface area contributed by atoms with Gasteiger partial charge >= 0.3 is 0 Å². The monoisotopic (exact) mass is 503 g/mol. The minimum atomic E-state index is -0.289. The van der Waals surface area contributed by atoms with Crippen LogP contribution in [-0.2, 0) is 4.79 Å². The first-order valence-electron chi connectivity index (χ1n) is 12.6. The predicted octanol–water partition coefficient (Wildman–Crippen LogP) is 3.63. The molecule has 192 valence electrons. The first-order chi connectivity index (χ1) is 18.0. The van der Waals surface area contributed by atoms with E-state index >= 15 is 0 Å². The molecule has 1 aromatic heterocycles. The Morgan fingerprint density at radius 3 is 2.35 bits per heavy atom. The van der Waals surface area contributed by atoms with Crippen molar-refractivity contribution < 1.29 is 18.7 Å². The number of amides is 2. The number of ether oxygens (including phenoxy) is 1. The lowest BCUT2D eigenvalue weighted by atomic mass is 10.1. The Labute approximate surface area is 215 Å². The summed E-state index contributed by atoms with van der Waals surface area (Å²) in [4.78, 5) is 32.1. The van der Waals surface area contributed by atoms with Gasteiger partial charge in [-0.05, 0) is 79.9 Å². The van der Waals surface area contributed by atoms with Crippen molar-refractivity contribution in [2.75, 3.05) is 44.7 Å². The zero-order valence-electron chi connectivity index (χ0n) is 20.8. The van der Waals surface area contributed by atoms with E-state index in [2.05, 4.69) is 15.1 Å². The van der Waals surface area contributed by atoms with Gasteiger partial charge in [0.25, 0.3) is 5.91 Å². The molecule has 1 aliphatic carbocycles. The number of nitrogens with zero attached hydrogens (tertiary/aromatic N) is 5. The van der Waals surface area contributed by atoms with Gasteiger partial charge in [-0.2, -0.15) is 0 Å². The molecule has 0 radical (unpaired) electrons. The standard InChI is InChI=1S/C28H30FN5O3/c1-37-24-11-5-21(6-12-24)28(36)34(23-9-10-23)19-27(35)33-16-2-15-32(17-18-33)26-14-13-25(30-31-26)20-3-7-22(29)8-4-20/h3-8,11-14,23H,2,9-10,15-19H2,1H3. The lowest BCUT2D eigenvalue weighted by molar-refractivity contribution is -0.131. The van der Waals surface area contributed by atoms with Crippen molar-refractivity contribution in [3.8, 4) is 17.0 Å². The molecule has 2 aromatic carbocycles. The summed E-state index contributed by atoms with van der Waals surface area (Å²) in [5.74, 6) is 0.992. The molecule has 3 aromatic rings. The number of methoxy groups -OCH3 is 1. The normalized spacial score (nSPS) is 15.7. The van der Waals surface area contributed by atoms with Gasteiger partial charge in [0.2, 0.25) is 5.91 Å². The van der Waals surface area contributed by atoms with Gasteiger partial charge in [0.05, 0.1) is 12.8 Å². The van der Waals surface area contributed by atoms with Crippen molar-refractivity contribution in [1.29, 1.82) is 0 Å². The summed E-state index contributed by atoms with van der Waals surface area (Å²) in [6.07, 6.45) is 2.65. The first kappa shape index (κ1) is 24.7. The zero-order valence-corrected chi connectivity index (χ0v) is 20.8. The maximum absolute atomic E-state index is 13.2. The van der Waals surface area contributed by atoms with E-state index in [1.165, 1.54) is 12.1 Å². The Morgan fingerprint density at radius 1 is 0.946 bits per heavy atom. The molecule has 9 heteroatoms. The van der Waals surface area contributed by atoms with Crippen LogP contribution in [0.5, 0.6) is 5.75 Å². The summed E-state index contributed by atoms with van der Waals surface area (Å²) in [6.45, 7) is 2.65. The summed E-state index contributed by atoms with van der Waals surface area (Å²) in [7, 11) is 1.59. The van der Waals surface area contributed by atoms with E-state index in [9.17, 15) is 14.0 Å². The molecule has 1 saturated heterocycles. The minimum absolute atomic E-state index is 0.0339. The predicted molar refractivity (Wildman–Crippen MR) is 138 cm³/mol. The number of benzene rings is 2. The van der Waals surface area contributed by atoms with E-state index < -0.39 is 0 Å². The van der Waals surface area contributed by atoms with Crippen molar-refractivity contribution in [2.24, 2.45) is 0 Å². The molecule has 5 rings (SSSR count). The summed E-state index contributed by atoms with van der Waals surface area (Å²) in [5.41, 5.74) is 2.04. The quantitative estimate of drug-likeness (QED) is 0.490. The molecule has 8 nitrogen and oxygen atoms in total. The van der Waals surface area contributed by atoms with E-state index in [1.807, 2.05) is 17.0 Å². The van der Waals surface area contributed by atoms with Crippen molar-refractivity contribution in [3.63, 3.8) is 0 Å². The molecule has 0 unspecified atom stereocenters. The van der Waals surface area contributed by atoms with E-state index in [-0.39, 0.29) is 30.2 Å². The van der Waals surface area contributed by atoms with Crippen LogP contribution in [0.3, 0.4) is 0 Å². The lowest BCUT2D eigenvalue weighted by Gasteiger charge is -2.27. The highest BCUT2D eigenvalue weighted by Crippen LogP contribution is 2.29. The van der Waals surface area contributed by atoms with E-state index in [0.717, 1.165) is 37.2 Å². The molecular weight excluding hydrogens is 473 g/mol. The fourth-order valence-electron chi connectivity index (χ4n) is 4.56. The van der Waals surface area contributed by atoms with Gasteiger partial charge in [0.1, 0.15) is 18.1 Å². The second-order valence-electron chi connectivity index (χ2n) is 9.40. The number of carbonyl (C=O) groups is 2. The largest absolute Gasteiger partial charge is 0.497 e. The topological polar surface area (TPSA) is 78.9 Å². The second-order valence-corrected chi connectivity index (χ2v) is 9.40. The van der Waals surface area contributed by atoms with E-state index in [4.69, 9.17) is 4.74 Å². The molecule has 0 N–H and O–H groups in total. The number of carbonyl (C=O) groups excluding carboxylic acids is 2. The van der Waals surface area contributed by atoms with Crippen LogP contribution in [0.4, 0.5) is 10.2 Å². The van der Waals surface area contributed by atoms with E-state index in [1.54, 1.807) is 48.4 Å². The molecule has 2 aliphatic rings. The average Bonchev–Trinajstić information content (AvgIpc) is 3.79. The van der Waals surface area contributed by atoms with Crippen LogP contribution in [-0.4, -0.2) is 77.7 Å². The van der Waals surface area contributed by atoms with Crippen molar-refractivity contribution in [1.82, 2.24) is 20.0 Å². The minimum Gasteiger partial charge on any atom is -0.497 e. The molecule has 0 spiro atoms. The highest BCUT2D eigenvalue weighted by Gasteiger charge is 2.35. The van der Waals surface area contributed by atoms with Crippen molar-refractivity contribution >= 4 is 17.6 Å². The van der Waals surface area contributed by atoms with Crippen LogP contribution in [0.15, 0.2) is 60.7 Å². The number of hydrogen-bond donors (Lipinski definition) is 0. The molecule has 37 heavy (non-hydrogen) atoms. The summed E-state index contributed by atoms with van der Waals surface area (Å²) in [5, 5.41) is 8.70. The number of hydrogen-bond acceptors (Lipinski definition) is 6. The van der Waals surface area contributed by atoms with Gasteiger partial charge in [-0.1, -0.05) is 0 Å². The van der Waals surface area contributed by atoms with Gasteiger partial charge in [-0.15, -0.1) is 10.2 Å². The van der Waals surface area contributed by atoms with Crippen LogP contribution >= 0.6 is 0 Å². The number of rotatable bonds is 7. The number of anilines is 1. The van der Waals surface area contributed by atoms with Crippen LogP contribution in [0, 0.1) is 5.82 Å². The van der Waals surface area contributed by atoms with Gasteiger partial charge in [-0.25, -0.2) is 4.39 Å². The Hall–Kier alpha value is -4.01. The molecule has 1 saturated carbocycles. The van der Waals surface area contributed by atoms with Gasteiger partial charge in [0, 0.05) is 43.3 Å². The highest BCUT2D eigenvalue weighted by molar-refractivity contribution is 5.97. The van der Waals surface area contributed by atoms with Crippen molar-refractivity contribution in [3.05, 3.63) is 72.0 Å². The molecule has 2 fully saturated rings. The summed E-state index contributed by atoms with van der Waals surface area (Å²) in [6, 6.07) is 17.1. The summed E-state index contributed by atoms with van der Waals surface area (Å²) < 4.78 is 18.4. The zero-order chi connectivity index (χ0) is 25.8. The maximum atomic E-state index is 13.2. The van der Waals surface area contributed by atoms with Crippen LogP contribution < -0.4 is 9.64 Å². The van der Waals surface area contributed by atoms with Crippen molar-refractivity contribution in [2.45, 2.75) is 25.3 Å². The lowest BCUT2D eigenvalue weighted by Crippen LogP contribution is -2.45. The number of aromatic nitrogens is 2. The second kappa shape index (κ2) is 10.9. The SMILES string of the molecule is COc1ccc(C(=O)N(CC(=O)N2CCCN(c3ccc(-c4ccc(F)cc4)nn3)CC2)C2CC2)cc1. The van der Waals surface area contributed by atoms with Gasteiger partial charge in [0.15, 0.2) is 5.82 Å². The third-order valence-electron chi connectivity index (χ3n) is 6.85. The molecule has 1 aliphatic heterocycles. The Kier molecular flexibility index (Phi) is 7.30. The molecule has 2 amide bonds. The van der Waals surface area contributed by atoms with Crippen LogP contribution in [0.25, 0.3) is 11.3 Å². The molecule has 0 atom stereocenters. The fourth-order valence-corrected chi connectivity index (χ4v) is 4.56. The van der Waals surface area contributed by atoms with Crippen LogP contribution in [0.2, 0.25) is 0 Å². The summed E-state index contributed by atoms with van der Waals surface area (Å²) >= 11 is 0. The third kappa shape index (κ3) is 5.87. The first-order valence-corrected chi connectivity index (χ1v) is 12.6. The molecule has 0 bridgehead atoms. The Morgan fingerprint density at radius 2 is 1.70 bits per heavy atom. The van der Waals surface area contributed by atoms with Crippen LogP contribution in [0.1, 0.15) is 29.6 Å². The smallest absolute Gasteiger partial charge is 0.254 e. The van der Waals surface area contributed by atoms with Gasteiger partial charge in [-0.3, -0.25) is 9.59 Å². The third-order valence-corrected chi connectivity index (χ3v) is 6.85.